The summed E-state index contributed by atoms with van der Waals surface area (Å²) in [6, 6.07) is 9.87. The molecular formula is C23H34O2. The lowest BCUT2D eigenvalue weighted by Crippen LogP contribution is -2.04. The zero-order chi connectivity index (χ0) is 17.6. The van der Waals surface area contributed by atoms with Gasteiger partial charge in [-0.2, -0.15) is 0 Å². The SMILES string of the molecule is O=C(CCCCCCCCCCC1C=CCC1)OCc1ccccc1. The maximum Gasteiger partial charge on any atom is 0.306 e. The Morgan fingerprint density at radius 1 is 0.920 bits per heavy atom. The van der Waals surface area contributed by atoms with E-state index in [1.165, 1.54) is 57.8 Å². The first-order valence-corrected chi connectivity index (χ1v) is 10.2. The molecule has 2 heteroatoms. The Labute approximate surface area is 153 Å². The van der Waals surface area contributed by atoms with Crippen molar-refractivity contribution in [1.82, 2.24) is 0 Å². The van der Waals surface area contributed by atoms with Crippen molar-refractivity contribution in [2.45, 2.75) is 83.7 Å². The highest BCUT2D eigenvalue weighted by Crippen LogP contribution is 2.23. The van der Waals surface area contributed by atoms with Gasteiger partial charge < -0.3 is 4.74 Å². The van der Waals surface area contributed by atoms with Crippen LogP contribution in [0.2, 0.25) is 0 Å². The average Bonchev–Trinajstić information content (AvgIpc) is 3.16. The van der Waals surface area contributed by atoms with E-state index < -0.39 is 0 Å². The van der Waals surface area contributed by atoms with E-state index in [4.69, 9.17) is 4.74 Å². The van der Waals surface area contributed by atoms with E-state index >= 15 is 0 Å². The zero-order valence-electron chi connectivity index (χ0n) is 15.6. The number of allylic oxidation sites excluding steroid dienone is 2. The van der Waals surface area contributed by atoms with Crippen molar-refractivity contribution in [2.75, 3.05) is 0 Å². The highest BCUT2D eigenvalue weighted by Gasteiger charge is 2.08. The number of rotatable bonds is 13. The lowest BCUT2D eigenvalue weighted by Gasteiger charge is -2.07. The van der Waals surface area contributed by atoms with Crippen LogP contribution in [0.25, 0.3) is 0 Å². The lowest BCUT2D eigenvalue weighted by molar-refractivity contribution is -0.145. The molecule has 1 aliphatic carbocycles. The van der Waals surface area contributed by atoms with Gasteiger partial charge in [-0.15, -0.1) is 0 Å². The highest BCUT2D eigenvalue weighted by molar-refractivity contribution is 5.69. The summed E-state index contributed by atoms with van der Waals surface area (Å²) < 4.78 is 5.30. The molecule has 0 radical (unpaired) electrons. The molecular weight excluding hydrogens is 308 g/mol. The van der Waals surface area contributed by atoms with Crippen LogP contribution >= 0.6 is 0 Å². The second-order valence-electron chi connectivity index (χ2n) is 7.28. The number of benzene rings is 1. The van der Waals surface area contributed by atoms with E-state index in [9.17, 15) is 4.79 Å². The third-order valence-electron chi connectivity index (χ3n) is 5.06. The minimum atomic E-state index is -0.0650. The molecule has 0 aromatic heterocycles. The minimum Gasteiger partial charge on any atom is -0.461 e. The van der Waals surface area contributed by atoms with Crippen LogP contribution in [0.1, 0.15) is 82.6 Å². The summed E-state index contributed by atoms with van der Waals surface area (Å²) in [7, 11) is 0. The van der Waals surface area contributed by atoms with Crippen LogP contribution in [-0.2, 0) is 16.1 Å². The summed E-state index contributed by atoms with van der Waals surface area (Å²) in [6.45, 7) is 0.399. The van der Waals surface area contributed by atoms with E-state index in [0.29, 0.717) is 13.0 Å². The van der Waals surface area contributed by atoms with E-state index in [0.717, 1.165) is 24.3 Å². The molecule has 1 unspecified atom stereocenters. The molecule has 0 fully saturated rings. The minimum absolute atomic E-state index is 0.0650. The molecule has 0 saturated carbocycles. The van der Waals surface area contributed by atoms with Crippen molar-refractivity contribution in [3.63, 3.8) is 0 Å². The second kappa shape index (κ2) is 12.7. The number of hydrogen-bond donors (Lipinski definition) is 0. The van der Waals surface area contributed by atoms with Crippen molar-refractivity contribution < 1.29 is 9.53 Å². The van der Waals surface area contributed by atoms with Gasteiger partial charge in [-0.3, -0.25) is 4.79 Å². The fourth-order valence-electron chi connectivity index (χ4n) is 3.48. The predicted molar refractivity (Wildman–Crippen MR) is 104 cm³/mol. The average molecular weight is 343 g/mol. The Bertz CT molecular complexity index is 492. The standard InChI is InChI=1S/C23H34O2/c24-23(25-20-22-17-9-7-10-18-22)19-11-6-4-2-1-3-5-8-14-21-15-12-13-16-21/h7,9-10,12,15,17-18,21H,1-6,8,11,13-14,16,19-20H2. The van der Waals surface area contributed by atoms with Crippen LogP contribution in [0.15, 0.2) is 42.5 Å². The summed E-state index contributed by atoms with van der Waals surface area (Å²) in [5.41, 5.74) is 1.06. The molecule has 0 amide bonds. The molecule has 25 heavy (non-hydrogen) atoms. The highest BCUT2D eigenvalue weighted by atomic mass is 16.5. The Kier molecular flexibility index (Phi) is 10.1. The third kappa shape index (κ3) is 9.48. The summed E-state index contributed by atoms with van der Waals surface area (Å²) in [5.74, 6) is 0.812. The third-order valence-corrected chi connectivity index (χ3v) is 5.06. The van der Waals surface area contributed by atoms with Crippen molar-refractivity contribution in [3.8, 4) is 0 Å². The van der Waals surface area contributed by atoms with Gasteiger partial charge in [0, 0.05) is 6.42 Å². The van der Waals surface area contributed by atoms with E-state index in [2.05, 4.69) is 12.2 Å². The number of unbranched alkanes of at least 4 members (excludes halogenated alkanes) is 7. The van der Waals surface area contributed by atoms with Crippen LogP contribution in [0.4, 0.5) is 0 Å². The molecule has 1 aromatic rings. The van der Waals surface area contributed by atoms with Crippen molar-refractivity contribution in [2.24, 2.45) is 5.92 Å². The Morgan fingerprint density at radius 3 is 2.28 bits per heavy atom. The fourth-order valence-corrected chi connectivity index (χ4v) is 3.48. The number of esters is 1. The van der Waals surface area contributed by atoms with E-state index in [-0.39, 0.29) is 5.97 Å². The van der Waals surface area contributed by atoms with Crippen LogP contribution in [0, 0.1) is 5.92 Å². The predicted octanol–water partition coefficient (Wildman–Crippen LogP) is 6.60. The first-order chi connectivity index (χ1) is 12.3. The number of carbonyl (C=O) groups is 1. The van der Waals surface area contributed by atoms with Gasteiger partial charge in [0.15, 0.2) is 0 Å². The first kappa shape index (κ1) is 19.8. The van der Waals surface area contributed by atoms with Crippen molar-refractivity contribution in [1.29, 1.82) is 0 Å². The molecule has 0 N–H and O–H groups in total. The molecule has 1 aromatic carbocycles. The quantitative estimate of drug-likeness (QED) is 0.229. The van der Waals surface area contributed by atoms with E-state index in [1.54, 1.807) is 0 Å². The zero-order valence-corrected chi connectivity index (χ0v) is 15.6. The molecule has 1 atom stereocenters. The Morgan fingerprint density at radius 2 is 1.60 bits per heavy atom. The summed E-state index contributed by atoms with van der Waals surface area (Å²) in [5, 5.41) is 0. The monoisotopic (exact) mass is 342 g/mol. The van der Waals surface area contributed by atoms with Gasteiger partial charge >= 0.3 is 5.97 Å². The van der Waals surface area contributed by atoms with Crippen molar-refractivity contribution in [3.05, 3.63) is 48.0 Å². The topological polar surface area (TPSA) is 26.3 Å². The summed E-state index contributed by atoms with van der Waals surface area (Å²) in [4.78, 5) is 11.7. The fraction of sp³-hybridized carbons (Fsp3) is 0.609. The molecule has 138 valence electrons. The Balaban J connectivity index is 1.33. The smallest absolute Gasteiger partial charge is 0.306 e. The van der Waals surface area contributed by atoms with Gasteiger partial charge in [-0.25, -0.2) is 0 Å². The number of ether oxygens (including phenoxy) is 1. The van der Waals surface area contributed by atoms with Gasteiger partial charge in [0.1, 0.15) is 6.61 Å². The summed E-state index contributed by atoms with van der Waals surface area (Å²) >= 11 is 0. The molecule has 1 aliphatic rings. The maximum atomic E-state index is 11.7. The van der Waals surface area contributed by atoms with Gasteiger partial charge in [0.05, 0.1) is 0 Å². The van der Waals surface area contributed by atoms with Crippen LogP contribution in [0.5, 0.6) is 0 Å². The molecule has 0 bridgehead atoms. The first-order valence-electron chi connectivity index (χ1n) is 10.2. The summed E-state index contributed by atoms with van der Waals surface area (Å²) in [6.07, 6.45) is 19.5. The largest absolute Gasteiger partial charge is 0.461 e. The van der Waals surface area contributed by atoms with Gasteiger partial charge in [0.2, 0.25) is 0 Å². The molecule has 2 rings (SSSR count). The number of hydrogen-bond acceptors (Lipinski definition) is 2. The number of carbonyl (C=O) groups excluding carboxylic acids is 1. The van der Waals surface area contributed by atoms with Crippen LogP contribution < -0.4 is 0 Å². The molecule has 0 spiro atoms. The van der Waals surface area contributed by atoms with E-state index in [1.807, 2.05) is 30.3 Å². The molecule has 0 heterocycles. The molecule has 0 aliphatic heterocycles. The Hall–Kier alpha value is -1.57. The lowest BCUT2D eigenvalue weighted by atomic mass is 9.99. The van der Waals surface area contributed by atoms with Crippen molar-refractivity contribution >= 4 is 5.97 Å². The van der Waals surface area contributed by atoms with Crippen LogP contribution in [-0.4, -0.2) is 5.97 Å². The van der Waals surface area contributed by atoms with Gasteiger partial charge in [0.25, 0.3) is 0 Å². The molecule has 2 nitrogen and oxygen atoms in total. The normalized spacial score (nSPS) is 16.2. The molecule has 0 saturated heterocycles. The van der Waals surface area contributed by atoms with Gasteiger partial charge in [-0.1, -0.05) is 87.4 Å². The maximum absolute atomic E-state index is 11.7. The van der Waals surface area contributed by atoms with Crippen LogP contribution in [0.3, 0.4) is 0 Å². The van der Waals surface area contributed by atoms with Gasteiger partial charge in [-0.05, 0) is 37.2 Å². The second-order valence-corrected chi connectivity index (χ2v) is 7.28.